The summed E-state index contributed by atoms with van der Waals surface area (Å²) >= 11 is 0. The van der Waals surface area contributed by atoms with Crippen molar-refractivity contribution in [2.24, 2.45) is 0 Å². The SMILES string of the molecule is c1ccc(-c2ccc3oc(-c4ccccc4)c(-c4ccccc4)c3n2)cc1. The van der Waals surface area contributed by atoms with Crippen LogP contribution in [0.25, 0.3) is 44.8 Å². The molecule has 0 saturated carbocycles. The zero-order chi connectivity index (χ0) is 18.1. The van der Waals surface area contributed by atoms with Gasteiger partial charge in [-0.3, -0.25) is 0 Å². The van der Waals surface area contributed by atoms with E-state index in [0.29, 0.717) is 0 Å². The monoisotopic (exact) mass is 347 g/mol. The smallest absolute Gasteiger partial charge is 0.153 e. The molecule has 2 heteroatoms. The number of benzene rings is 3. The van der Waals surface area contributed by atoms with E-state index >= 15 is 0 Å². The van der Waals surface area contributed by atoms with Gasteiger partial charge in [0.25, 0.3) is 0 Å². The molecule has 0 unspecified atom stereocenters. The summed E-state index contributed by atoms with van der Waals surface area (Å²) in [6.45, 7) is 0. The van der Waals surface area contributed by atoms with Crippen molar-refractivity contribution in [2.45, 2.75) is 0 Å². The van der Waals surface area contributed by atoms with Crippen molar-refractivity contribution < 1.29 is 4.42 Å². The van der Waals surface area contributed by atoms with Gasteiger partial charge in [0.1, 0.15) is 11.3 Å². The fraction of sp³-hybridized carbons (Fsp3) is 0. The van der Waals surface area contributed by atoms with Crippen molar-refractivity contribution in [3.8, 4) is 33.7 Å². The quantitative estimate of drug-likeness (QED) is 0.357. The lowest BCUT2D eigenvalue weighted by molar-refractivity contribution is 0.632. The minimum absolute atomic E-state index is 0.799. The Kier molecular flexibility index (Phi) is 3.80. The van der Waals surface area contributed by atoms with E-state index in [9.17, 15) is 0 Å². The van der Waals surface area contributed by atoms with Crippen LogP contribution in [0.15, 0.2) is 108 Å². The zero-order valence-corrected chi connectivity index (χ0v) is 14.7. The van der Waals surface area contributed by atoms with Crippen LogP contribution in [-0.2, 0) is 0 Å². The van der Waals surface area contributed by atoms with Gasteiger partial charge in [0, 0.05) is 11.1 Å². The number of hydrogen-bond donors (Lipinski definition) is 0. The topological polar surface area (TPSA) is 26.0 Å². The molecule has 0 saturated heterocycles. The predicted octanol–water partition coefficient (Wildman–Crippen LogP) is 6.83. The summed E-state index contributed by atoms with van der Waals surface area (Å²) in [6, 6.07) is 34.8. The van der Waals surface area contributed by atoms with E-state index in [0.717, 1.165) is 44.8 Å². The number of furan rings is 1. The van der Waals surface area contributed by atoms with E-state index in [1.165, 1.54) is 0 Å². The van der Waals surface area contributed by atoms with Gasteiger partial charge in [-0.15, -0.1) is 0 Å². The molecule has 0 amide bonds. The third kappa shape index (κ3) is 2.81. The summed E-state index contributed by atoms with van der Waals surface area (Å²) in [5, 5.41) is 0. The van der Waals surface area contributed by atoms with Crippen molar-refractivity contribution in [3.63, 3.8) is 0 Å². The lowest BCUT2D eigenvalue weighted by Crippen LogP contribution is -1.86. The van der Waals surface area contributed by atoms with Crippen LogP contribution in [0.5, 0.6) is 0 Å². The normalized spacial score (nSPS) is 11.0. The van der Waals surface area contributed by atoms with Gasteiger partial charge in [-0.1, -0.05) is 91.0 Å². The molecule has 0 aliphatic rings. The predicted molar refractivity (Wildman–Crippen MR) is 110 cm³/mol. The van der Waals surface area contributed by atoms with Crippen LogP contribution in [0, 0.1) is 0 Å². The van der Waals surface area contributed by atoms with Gasteiger partial charge in [0.15, 0.2) is 5.58 Å². The molecular formula is C25H17NO. The number of nitrogens with zero attached hydrogens (tertiary/aromatic N) is 1. The Hall–Kier alpha value is -3.65. The second-order valence-corrected chi connectivity index (χ2v) is 6.45. The van der Waals surface area contributed by atoms with E-state index < -0.39 is 0 Å². The first-order valence-electron chi connectivity index (χ1n) is 9.00. The summed E-state index contributed by atoms with van der Waals surface area (Å²) in [5.41, 5.74) is 6.92. The van der Waals surface area contributed by atoms with E-state index in [-0.39, 0.29) is 0 Å². The number of hydrogen-bond acceptors (Lipinski definition) is 2. The van der Waals surface area contributed by atoms with Gasteiger partial charge >= 0.3 is 0 Å². The summed E-state index contributed by atoms with van der Waals surface area (Å²) in [5.74, 6) is 0.856. The van der Waals surface area contributed by atoms with E-state index in [1.807, 2.05) is 66.7 Å². The van der Waals surface area contributed by atoms with Crippen LogP contribution in [0.2, 0.25) is 0 Å². The molecule has 0 N–H and O–H groups in total. The van der Waals surface area contributed by atoms with Gasteiger partial charge in [0.05, 0.1) is 11.3 Å². The standard InChI is InChI=1S/C25H17NO/c1-4-10-18(11-5-1)21-16-17-22-24(26-21)23(19-12-6-2-7-13-19)25(27-22)20-14-8-3-9-15-20/h1-17H. The minimum atomic E-state index is 0.799. The minimum Gasteiger partial charge on any atom is -0.454 e. The second-order valence-electron chi connectivity index (χ2n) is 6.45. The highest BCUT2D eigenvalue weighted by molar-refractivity contribution is 6.00. The summed E-state index contributed by atoms with van der Waals surface area (Å²) < 4.78 is 6.27. The van der Waals surface area contributed by atoms with Crippen LogP contribution in [-0.4, -0.2) is 4.98 Å². The maximum atomic E-state index is 6.27. The van der Waals surface area contributed by atoms with E-state index in [4.69, 9.17) is 9.40 Å². The molecule has 5 aromatic rings. The van der Waals surface area contributed by atoms with Crippen LogP contribution in [0.3, 0.4) is 0 Å². The molecule has 0 spiro atoms. The average molecular weight is 347 g/mol. The van der Waals surface area contributed by atoms with Gasteiger partial charge in [-0.25, -0.2) is 4.98 Å². The number of fused-ring (bicyclic) bond motifs is 1. The molecule has 128 valence electrons. The van der Waals surface area contributed by atoms with Crippen molar-refractivity contribution in [1.29, 1.82) is 0 Å². The van der Waals surface area contributed by atoms with Crippen molar-refractivity contribution in [1.82, 2.24) is 4.98 Å². The van der Waals surface area contributed by atoms with Gasteiger partial charge in [-0.05, 0) is 17.7 Å². The molecule has 3 aromatic carbocycles. The summed E-state index contributed by atoms with van der Waals surface area (Å²) in [7, 11) is 0. The van der Waals surface area contributed by atoms with Crippen LogP contribution in [0.1, 0.15) is 0 Å². The molecule has 0 fully saturated rings. The number of rotatable bonds is 3. The molecule has 2 nitrogen and oxygen atoms in total. The third-order valence-corrected chi connectivity index (χ3v) is 4.70. The Bertz CT molecular complexity index is 1190. The van der Waals surface area contributed by atoms with Crippen molar-refractivity contribution in [2.75, 3.05) is 0 Å². The Labute approximate surface area is 157 Å². The first-order valence-corrected chi connectivity index (χ1v) is 9.00. The Morgan fingerprint density at radius 1 is 0.519 bits per heavy atom. The summed E-state index contributed by atoms with van der Waals surface area (Å²) in [4.78, 5) is 4.97. The molecule has 0 bridgehead atoms. The lowest BCUT2D eigenvalue weighted by Gasteiger charge is -2.04. The lowest BCUT2D eigenvalue weighted by atomic mass is 10.0. The molecule has 0 aliphatic heterocycles. The molecule has 2 aromatic heterocycles. The highest BCUT2D eigenvalue weighted by Crippen LogP contribution is 2.40. The fourth-order valence-electron chi connectivity index (χ4n) is 3.41. The first kappa shape index (κ1) is 15.6. The maximum Gasteiger partial charge on any atom is 0.153 e. The van der Waals surface area contributed by atoms with Gasteiger partial charge < -0.3 is 4.42 Å². The molecule has 0 aliphatic carbocycles. The largest absolute Gasteiger partial charge is 0.454 e. The van der Waals surface area contributed by atoms with Crippen LogP contribution >= 0.6 is 0 Å². The summed E-state index contributed by atoms with van der Waals surface area (Å²) in [6.07, 6.45) is 0. The molecule has 27 heavy (non-hydrogen) atoms. The Morgan fingerprint density at radius 3 is 1.70 bits per heavy atom. The van der Waals surface area contributed by atoms with Crippen LogP contribution in [0.4, 0.5) is 0 Å². The number of pyridine rings is 1. The molecule has 0 atom stereocenters. The molecule has 5 rings (SSSR count). The second kappa shape index (κ2) is 6.58. The van der Waals surface area contributed by atoms with Gasteiger partial charge in [-0.2, -0.15) is 0 Å². The van der Waals surface area contributed by atoms with E-state index in [2.05, 4.69) is 36.4 Å². The highest BCUT2D eigenvalue weighted by Gasteiger charge is 2.19. The zero-order valence-electron chi connectivity index (χ0n) is 14.7. The van der Waals surface area contributed by atoms with E-state index in [1.54, 1.807) is 0 Å². The highest BCUT2D eigenvalue weighted by atomic mass is 16.3. The molecule has 0 radical (unpaired) electrons. The van der Waals surface area contributed by atoms with Crippen molar-refractivity contribution >= 4 is 11.1 Å². The average Bonchev–Trinajstić information content (AvgIpc) is 3.14. The Morgan fingerprint density at radius 2 is 1.07 bits per heavy atom. The van der Waals surface area contributed by atoms with Crippen LogP contribution < -0.4 is 0 Å². The molecular weight excluding hydrogens is 330 g/mol. The van der Waals surface area contributed by atoms with Gasteiger partial charge in [0.2, 0.25) is 0 Å². The number of aromatic nitrogens is 1. The Balaban J connectivity index is 1.80. The first-order chi connectivity index (χ1) is 13.4. The van der Waals surface area contributed by atoms with Crippen molar-refractivity contribution in [3.05, 3.63) is 103 Å². The fourth-order valence-corrected chi connectivity index (χ4v) is 3.41. The maximum absolute atomic E-state index is 6.27. The third-order valence-electron chi connectivity index (χ3n) is 4.70. The molecule has 2 heterocycles.